The molecule has 0 spiro atoms. The van der Waals surface area contributed by atoms with Gasteiger partial charge >= 0.3 is 0 Å². The first-order valence-electron chi connectivity index (χ1n) is 8.78. The summed E-state index contributed by atoms with van der Waals surface area (Å²) in [5.74, 6) is 1.58. The van der Waals surface area contributed by atoms with Crippen LogP contribution in [0.15, 0.2) is 0 Å². The molecule has 1 saturated carbocycles. The molecule has 1 aliphatic rings. The first-order valence-corrected chi connectivity index (χ1v) is 8.78. The smallest absolute Gasteiger partial charge is 0.135 e. The molecule has 1 heteroatoms. The number of Topliss-reactive ketones (excluding diaryl/α,β-unsaturated/α-hetero) is 1. The summed E-state index contributed by atoms with van der Waals surface area (Å²) in [6.45, 7) is 4.41. The van der Waals surface area contributed by atoms with Gasteiger partial charge in [-0.1, -0.05) is 78.1 Å². The van der Waals surface area contributed by atoms with Gasteiger partial charge in [0.2, 0.25) is 0 Å². The van der Waals surface area contributed by atoms with E-state index in [-0.39, 0.29) is 0 Å². The monoisotopic (exact) mass is 266 g/mol. The third-order valence-electron chi connectivity index (χ3n) is 4.90. The van der Waals surface area contributed by atoms with E-state index in [2.05, 4.69) is 13.8 Å². The fourth-order valence-electron chi connectivity index (χ4n) is 3.36. The highest BCUT2D eigenvalue weighted by atomic mass is 16.1. The summed E-state index contributed by atoms with van der Waals surface area (Å²) in [7, 11) is 0. The van der Waals surface area contributed by atoms with Crippen LogP contribution < -0.4 is 0 Å². The number of carbonyl (C=O) groups excluding carboxylic acids is 1. The number of ketones is 1. The molecule has 0 aromatic heterocycles. The maximum atomic E-state index is 11.5. The third-order valence-corrected chi connectivity index (χ3v) is 4.90. The Labute approximate surface area is 120 Å². The number of carbonyl (C=O) groups is 1. The lowest BCUT2D eigenvalue weighted by Gasteiger charge is -2.13. The fraction of sp³-hybridized carbons (Fsp3) is 0.944. The van der Waals surface area contributed by atoms with Crippen molar-refractivity contribution < 1.29 is 4.79 Å². The Morgan fingerprint density at radius 2 is 1.42 bits per heavy atom. The van der Waals surface area contributed by atoms with Crippen LogP contribution in [0.1, 0.15) is 97.3 Å². The second-order valence-electron chi connectivity index (χ2n) is 6.52. The Kier molecular flexibility index (Phi) is 9.20. The van der Waals surface area contributed by atoms with Gasteiger partial charge in [0.05, 0.1) is 0 Å². The second kappa shape index (κ2) is 10.5. The summed E-state index contributed by atoms with van der Waals surface area (Å²) < 4.78 is 0. The number of rotatable bonds is 11. The van der Waals surface area contributed by atoms with E-state index in [0.717, 1.165) is 12.8 Å². The molecule has 0 N–H and O–H groups in total. The quantitative estimate of drug-likeness (QED) is 0.425. The molecule has 0 radical (unpaired) electrons. The van der Waals surface area contributed by atoms with Crippen LogP contribution in [0.4, 0.5) is 0 Å². The summed E-state index contributed by atoms with van der Waals surface area (Å²) in [5.41, 5.74) is 0. The highest BCUT2D eigenvalue weighted by Gasteiger charge is 2.29. The highest BCUT2D eigenvalue weighted by molar-refractivity contribution is 5.82. The van der Waals surface area contributed by atoms with E-state index in [0.29, 0.717) is 17.6 Å². The summed E-state index contributed by atoms with van der Waals surface area (Å²) >= 11 is 0. The van der Waals surface area contributed by atoms with E-state index < -0.39 is 0 Å². The summed E-state index contributed by atoms with van der Waals surface area (Å²) in [6, 6.07) is 0. The lowest BCUT2D eigenvalue weighted by atomic mass is 9.91. The van der Waals surface area contributed by atoms with E-state index >= 15 is 0 Å². The predicted molar refractivity (Wildman–Crippen MR) is 83.4 cm³/mol. The maximum absolute atomic E-state index is 11.5. The zero-order valence-electron chi connectivity index (χ0n) is 13.3. The molecule has 1 rings (SSSR count). The van der Waals surface area contributed by atoms with E-state index in [1.807, 2.05) is 0 Å². The van der Waals surface area contributed by atoms with Crippen LogP contribution in [0.3, 0.4) is 0 Å². The Balaban J connectivity index is 1.82. The Hall–Kier alpha value is -0.330. The Morgan fingerprint density at radius 1 is 0.895 bits per heavy atom. The molecule has 1 fully saturated rings. The predicted octanol–water partition coefficient (Wildman–Crippen LogP) is 5.91. The molecule has 1 aliphatic carbocycles. The van der Waals surface area contributed by atoms with Gasteiger partial charge < -0.3 is 0 Å². The van der Waals surface area contributed by atoms with Crippen LogP contribution in [0.5, 0.6) is 0 Å². The summed E-state index contributed by atoms with van der Waals surface area (Å²) in [5, 5.41) is 0. The molecule has 0 aliphatic heterocycles. The lowest BCUT2D eigenvalue weighted by molar-refractivity contribution is -0.120. The molecule has 2 unspecified atom stereocenters. The van der Waals surface area contributed by atoms with Gasteiger partial charge in [0.1, 0.15) is 5.78 Å². The standard InChI is InChI=1S/C18H34O/c1-3-4-5-6-7-8-9-10-11-12-13-17-14-15-18(19)16(17)2/h16-17H,3-15H2,1-2H3. The van der Waals surface area contributed by atoms with E-state index in [1.54, 1.807) is 0 Å². The average Bonchev–Trinajstić information content (AvgIpc) is 2.73. The van der Waals surface area contributed by atoms with Gasteiger partial charge in [-0.15, -0.1) is 0 Å². The van der Waals surface area contributed by atoms with Gasteiger partial charge in [-0.25, -0.2) is 0 Å². The Bertz CT molecular complexity index is 234. The van der Waals surface area contributed by atoms with Gasteiger partial charge in [-0.2, -0.15) is 0 Å². The normalized spacial score (nSPS) is 23.2. The van der Waals surface area contributed by atoms with Crippen LogP contribution in [0, 0.1) is 11.8 Å². The molecule has 0 aromatic rings. The second-order valence-corrected chi connectivity index (χ2v) is 6.52. The van der Waals surface area contributed by atoms with Gasteiger partial charge in [0.25, 0.3) is 0 Å². The minimum Gasteiger partial charge on any atom is -0.299 e. The first kappa shape index (κ1) is 16.7. The van der Waals surface area contributed by atoms with Crippen molar-refractivity contribution in [3.05, 3.63) is 0 Å². The first-order chi connectivity index (χ1) is 9.25. The van der Waals surface area contributed by atoms with Crippen LogP contribution >= 0.6 is 0 Å². The topological polar surface area (TPSA) is 17.1 Å². The maximum Gasteiger partial charge on any atom is 0.135 e. The van der Waals surface area contributed by atoms with Crippen LogP contribution in [0.2, 0.25) is 0 Å². The van der Waals surface area contributed by atoms with Crippen molar-refractivity contribution >= 4 is 5.78 Å². The van der Waals surface area contributed by atoms with E-state index in [1.165, 1.54) is 70.6 Å². The van der Waals surface area contributed by atoms with Crippen LogP contribution in [-0.2, 0) is 4.79 Å². The third kappa shape index (κ3) is 7.13. The van der Waals surface area contributed by atoms with Crippen molar-refractivity contribution in [3.8, 4) is 0 Å². The average molecular weight is 266 g/mol. The van der Waals surface area contributed by atoms with Crippen molar-refractivity contribution in [2.24, 2.45) is 11.8 Å². The van der Waals surface area contributed by atoms with Crippen molar-refractivity contribution in [1.82, 2.24) is 0 Å². The fourth-order valence-corrected chi connectivity index (χ4v) is 3.36. The molecular weight excluding hydrogens is 232 g/mol. The molecule has 19 heavy (non-hydrogen) atoms. The van der Waals surface area contributed by atoms with Crippen LogP contribution in [0.25, 0.3) is 0 Å². The lowest BCUT2D eigenvalue weighted by Crippen LogP contribution is -2.10. The number of unbranched alkanes of at least 4 members (excludes halogenated alkanes) is 9. The van der Waals surface area contributed by atoms with Gasteiger partial charge in [0.15, 0.2) is 0 Å². The number of hydrogen-bond donors (Lipinski definition) is 0. The SMILES string of the molecule is CCCCCCCCCCCCC1CCC(=O)C1C. The van der Waals surface area contributed by atoms with Crippen molar-refractivity contribution in [2.45, 2.75) is 97.3 Å². The van der Waals surface area contributed by atoms with Crippen molar-refractivity contribution in [3.63, 3.8) is 0 Å². The zero-order chi connectivity index (χ0) is 13.9. The molecule has 0 amide bonds. The summed E-state index contributed by atoms with van der Waals surface area (Å²) in [4.78, 5) is 11.5. The minimum atomic E-state index is 0.360. The molecule has 0 saturated heterocycles. The van der Waals surface area contributed by atoms with Crippen molar-refractivity contribution in [1.29, 1.82) is 0 Å². The molecule has 0 bridgehead atoms. The molecule has 112 valence electrons. The Morgan fingerprint density at radius 3 is 1.89 bits per heavy atom. The highest BCUT2D eigenvalue weighted by Crippen LogP contribution is 2.32. The minimum absolute atomic E-state index is 0.360. The molecular formula is C18H34O. The molecule has 0 heterocycles. The zero-order valence-corrected chi connectivity index (χ0v) is 13.3. The van der Waals surface area contributed by atoms with Gasteiger partial charge in [-0.05, 0) is 18.8 Å². The molecule has 0 aromatic carbocycles. The number of hydrogen-bond acceptors (Lipinski definition) is 1. The largest absolute Gasteiger partial charge is 0.299 e. The summed E-state index contributed by atoms with van der Waals surface area (Å²) in [6.07, 6.45) is 17.4. The van der Waals surface area contributed by atoms with Crippen LogP contribution in [-0.4, -0.2) is 5.78 Å². The molecule has 2 atom stereocenters. The van der Waals surface area contributed by atoms with E-state index in [4.69, 9.17) is 0 Å². The van der Waals surface area contributed by atoms with Crippen molar-refractivity contribution in [2.75, 3.05) is 0 Å². The molecule has 1 nitrogen and oxygen atoms in total. The van der Waals surface area contributed by atoms with Gasteiger partial charge in [0, 0.05) is 12.3 Å². The van der Waals surface area contributed by atoms with Gasteiger partial charge in [-0.3, -0.25) is 4.79 Å². The van der Waals surface area contributed by atoms with E-state index in [9.17, 15) is 4.79 Å².